The summed E-state index contributed by atoms with van der Waals surface area (Å²) < 4.78 is 45.0. The van der Waals surface area contributed by atoms with Crippen LogP contribution < -0.4 is 5.32 Å². The zero-order valence-corrected chi connectivity index (χ0v) is 22.5. The lowest BCUT2D eigenvalue weighted by Crippen LogP contribution is -2.50. The number of allylic oxidation sites excluding steroid dienone is 1. The van der Waals surface area contributed by atoms with E-state index >= 15 is 0 Å². The number of carbonyl (C=O) groups is 2. The number of thiazole rings is 1. The third-order valence-electron chi connectivity index (χ3n) is 6.79. The first-order valence-corrected chi connectivity index (χ1v) is 13.7. The second kappa shape index (κ2) is 11.0. The van der Waals surface area contributed by atoms with Crippen LogP contribution in [0.25, 0.3) is 4.91 Å². The molecular formula is C27H27F3N2O4S2. The standard InChI is InChI=1S/C27H27F3N2O4S2/c1-4-26(2,3)23(25(34)35)32-24(33)17-9-10-20-18(11-21(38-20)19-13-37-14-31-19)22(17)36-12-15-5-7-16(8-6-15)27(28,29)30/h5-11,13-14,18,20,23H,4,12H2,1-3H3,(H,32,33)(H,34,35). The van der Waals surface area contributed by atoms with Crippen LogP contribution in [0.4, 0.5) is 13.2 Å². The van der Waals surface area contributed by atoms with Gasteiger partial charge in [0.15, 0.2) is 0 Å². The van der Waals surface area contributed by atoms with Crippen molar-refractivity contribution in [3.63, 3.8) is 0 Å². The van der Waals surface area contributed by atoms with E-state index in [0.29, 0.717) is 17.7 Å². The van der Waals surface area contributed by atoms with Gasteiger partial charge in [0.1, 0.15) is 18.4 Å². The van der Waals surface area contributed by atoms with Crippen molar-refractivity contribution in [3.05, 3.63) is 81.5 Å². The predicted octanol–water partition coefficient (Wildman–Crippen LogP) is 6.28. The van der Waals surface area contributed by atoms with E-state index in [-0.39, 0.29) is 23.3 Å². The van der Waals surface area contributed by atoms with E-state index < -0.39 is 35.1 Å². The lowest BCUT2D eigenvalue weighted by Gasteiger charge is -2.32. The molecule has 6 nitrogen and oxygen atoms in total. The van der Waals surface area contributed by atoms with Crippen LogP contribution in [0.5, 0.6) is 0 Å². The number of hydrogen-bond donors (Lipinski definition) is 2. The normalized spacial score (nSPS) is 20.1. The second-order valence-corrected chi connectivity index (χ2v) is 11.7. The summed E-state index contributed by atoms with van der Waals surface area (Å²) in [5.41, 5.74) is 1.76. The highest BCUT2D eigenvalue weighted by Gasteiger charge is 2.40. The van der Waals surface area contributed by atoms with Crippen LogP contribution >= 0.6 is 23.1 Å². The largest absolute Gasteiger partial charge is 0.492 e. The highest BCUT2D eigenvalue weighted by molar-refractivity contribution is 8.09. The van der Waals surface area contributed by atoms with Gasteiger partial charge in [-0.25, -0.2) is 9.78 Å². The quantitative estimate of drug-likeness (QED) is 0.373. The molecule has 38 heavy (non-hydrogen) atoms. The minimum atomic E-state index is -4.44. The van der Waals surface area contributed by atoms with Crippen molar-refractivity contribution < 1.29 is 32.6 Å². The molecule has 2 N–H and O–H groups in total. The number of rotatable bonds is 9. The molecule has 1 aromatic carbocycles. The Morgan fingerprint density at radius 1 is 1.21 bits per heavy atom. The first kappa shape index (κ1) is 28.0. The fourth-order valence-corrected chi connectivity index (χ4v) is 6.03. The lowest BCUT2D eigenvalue weighted by atomic mass is 9.81. The number of fused-ring (bicyclic) bond motifs is 1. The minimum Gasteiger partial charge on any atom is -0.492 e. The molecule has 2 heterocycles. The fraction of sp³-hybridized carbons (Fsp3) is 0.370. The van der Waals surface area contributed by atoms with E-state index in [0.717, 1.165) is 22.7 Å². The Bertz CT molecular complexity index is 1280. The molecule has 2 aromatic rings. The van der Waals surface area contributed by atoms with Gasteiger partial charge in [-0.05, 0) is 35.6 Å². The van der Waals surface area contributed by atoms with E-state index in [1.165, 1.54) is 23.5 Å². The van der Waals surface area contributed by atoms with E-state index in [1.807, 2.05) is 24.5 Å². The molecule has 1 aliphatic heterocycles. The number of alkyl halides is 3. The molecule has 4 rings (SSSR count). The molecule has 0 spiro atoms. The third-order valence-corrected chi connectivity index (χ3v) is 8.70. The summed E-state index contributed by atoms with van der Waals surface area (Å²) in [6.45, 7) is 5.33. The van der Waals surface area contributed by atoms with Crippen molar-refractivity contribution in [1.82, 2.24) is 10.3 Å². The Balaban J connectivity index is 1.65. The Hall–Kier alpha value is -3.05. The Morgan fingerprint density at radius 2 is 1.92 bits per heavy atom. The van der Waals surface area contributed by atoms with Crippen molar-refractivity contribution in [2.24, 2.45) is 11.3 Å². The average Bonchev–Trinajstić information content (AvgIpc) is 3.55. The average molecular weight is 565 g/mol. The topological polar surface area (TPSA) is 88.5 Å². The number of hydrogen-bond acceptors (Lipinski definition) is 6. The molecule has 2 aliphatic rings. The van der Waals surface area contributed by atoms with Crippen LogP contribution in [0.2, 0.25) is 0 Å². The van der Waals surface area contributed by atoms with Crippen molar-refractivity contribution in [1.29, 1.82) is 0 Å². The number of thioether (sulfide) groups is 1. The summed E-state index contributed by atoms with van der Waals surface area (Å²) in [4.78, 5) is 30.7. The van der Waals surface area contributed by atoms with E-state index in [4.69, 9.17) is 4.74 Å². The highest BCUT2D eigenvalue weighted by Crippen LogP contribution is 2.48. The third kappa shape index (κ3) is 5.99. The second-order valence-electron chi connectivity index (χ2n) is 9.72. The number of aromatic nitrogens is 1. The van der Waals surface area contributed by atoms with Crippen LogP contribution in [-0.4, -0.2) is 33.3 Å². The number of carboxylic acids is 1. The van der Waals surface area contributed by atoms with Crippen molar-refractivity contribution in [3.8, 4) is 0 Å². The molecule has 3 unspecified atom stereocenters. The minimum absolute atomic E-state index is 0.0608. The number of amides is 1. The summed E-state index contributed by atoms with van der Waals surface area (Å²) in [6.07, 6.45) is 1.55. The first-order valence-electron chi connectivity index (χ1n) is 11.9. The summed E-state index contributed by atoms with van der Waals surface area (Å²) in [7, 11) is 0. The predicted molar refractivity (Wildman–Crippen MR) is 141 cm³/mol. The number of carbonyl (C=O) groups excluding carboxylic acids is 1. The van der Waals surface area contributed by atoms with E-state index in [1.54, 1.807) is 37.2 Å². The fourth-order valence-electron chi connectivity index (χ4n) is 4.15. The van der Waals surface area contributed by atoms with Gasteiger partial charge in [-0.1, -0.05) is 45.1 Å². The highest BCUT2D eigenvalue weighted by atomic mass is 32.2. The van der Waals surface area contributed by atoms with Gasteiger partial charge in [-0.3, -0.25) is 4.79 Å². The summed E-state index contributed by atoms with van der Waals surface area (Å²) >= 11 is 3.04. The van der Waals surface area contributed by atoms with Crippen LogP contribution in [0.3, 0.4) is 0 Å². The number of nitrogens with zero attached hydrogens (tertiary/aromatic N) is 1. The zero-order chi connectivity index (χ0) is 27.7. The van der Waals surface area contributed by atoms with Crippen LogP contribution in [0.15, 0.2) is 64.7 Å². The monoisotopic (exact) mass is 564 g/mol. The Kier molecular flexibility index (Phi) is 8.08. The molecule has 0 fully saturated rings. The van der Waals surface area contributed by atoms with E-state index in [2.05, 4.69) is 10.3 Å². The number of aliphatic carboxylic acids is 1. The molecule has 3 atom stereocenters. The van der Waals surface area contributed by atoms with Crippen LogP contribution in [0, 0.1) is 11.3 Å². The molecular weight excluding hydrogens is 537 g/mol. The summed E-state index contributed by atoms with van der Waals surface area (Å²) in [5.74, 6) is -1.72. The van der Waals surface area contributed by atoms with E-state index in [9.17, 15) is 27.9 Å². The summed E-state index contributed by atoms with van der Waals surface area (Å²) in [6, 6.07) is 3.52. The lowest BCUT2D eigenvalue weighted by molar-refractivity contribution is -0.144. The smallest absolute Gasteiger partial charge is 0.416 e. The van der Waals surface area contributed by atoms with Gasteiger partial charge in [0.05, 0.1) is 28.3 Å². The first-order chi connectivity index (χ1) is 17.9. The molecule has 11 heteroatoms. The van der Waals surface area contributed by atoms with Crippen LogP contribution in [-0.2, 0) is 27.1 Å². The maximum Gasteiger partial charge on any atom is 0.416 e. The molecule has 1 aliphatic carbocycles. The molecule has 1 amide bonds. The molecule has 0 saturated carbocycles. The number of nitrogens with one attached hydrogen (secondary N) is 1. The van der Waals surface area contributed by atoms with Gasteiger partial charge < -0.3 is 15.2 Å². The van der Waals surface area contributed by atoms with Gasteiger partial charge in [-0.15, -0.1) is 23.1 Å². The van der Waals surface area contributed by atoms with Gasteiger partial charge in [0.25, 0.3) is 5.91 Å². The van der Waals surface area contributed by atoms with Gasteiger partial charge in [0.2, 0.25) is 0 Å². The number of carboxylic acid groups (broad SMARTS) is 1. The van der Waals surface area contributed by atoms with Gasteiger partial charge in [-0.2, -0.15) is 13.2 Å². The van der Waals surface area contributed by atoms with Crippen LogP contribution in [0.1, 0.15) is 44.0 Å². The van der Waals surface area contributed by atoms with Crippen molar-refractivity contribution in [2.45, 2.75) is 51.3 Å². The molecule has 0 bridgehead atoms. The number of ether oxygens (including phenoxy) is 1. The van der Waals surface area contributed by atoms with Crippen molar-refractivity contribution in [2.75, 3.05) is 0 Å². The molecule has 1 aromatic heterocycles. The SMILES string of the molecule is CCC(C)(C)C(NC(=O)C1=C(OCc2ccc(C(F)(F)F)cc2)C2C=C(c3cscn3)SC2C=C1)C(=O)O. The zero-order valence-electron chi connectivity index (χ0n) is 20.9. The number of benzene rings is 1. The molecule has 0 radical (unpaired) electrons. The maximum absolute atomic E-state index is 13.4. The number of halogens is 3. The van der Waals surface area contributed by atoms with Gasteiger partial charge in [0, 0.05) is 15.5 Å². The Labute approximate surface area is 226 Å². The Morgan fingerprint density at radius 3 is 2.50 bits per heavy atom. The van der Waals surface area contributed by atoms with Gasteiger partial charge >= 0.3 is 12.1 Å². The molecule has 202 valence electrons. The summed E-state index contributed by atoms with van der Waals surface area (Å²) in [5, 5.41) is 14.3. The maximum atomic E-state index is 13.4. The van der Waals surface area contributed by atoms with Crippen molar-refractivity contribution >= 4 is 39.9 Å². The molecule has 0 saturated heterocycles.